The predicted molar refractivity (Wildman–Crippen MR) is 134 cm³/mol. The molecular formula is C26H36O17. The van der Waals surface area contributed by atoms with Crippen molar-refractivity contribution in [3.05, 3.63) is 0 Å². The van der Waals surface area contributed by atoms with E-state index in [2.05, 4.69) is 0 Å². The number of esters is 7. The van der Waals surface area contributed by atoms with E-state index in [9.17, 15) is 33.6 Å². The van der Waals surface area contributed by atoms with Gasteiger partial charge in [0.05, 0.1) is 6.42 Å². The molecule has 0 spiro atoms. The Balaban J connectivity index is 2.66. The van der Waals surface area contributed by atoms with Gasteiger partial charge < -0.3 is 47.4 Å². The lowest BCUT2D eigenvalue weighted by Crippen LogP contribution is -2.65. The van der Waals surface area contributed by atoms with Crippen LogP contribution >= 0.6 is 0 Å². The van der Waals surface area contributed by atoms with Crippen molar-refractivity contribution >= 4 is 41.8 Å². The summed E-state index contributed by atoms with van der Waals surface area (Å²) in [6.07, 6.45) is -14.8. The van der Waals surface area contributed by atoms with Gasteiger partial charge in [0.15, 0.2) is 24.6 Å². The van der Waals surface area contributed by atoms with Gasteiger partial charge in [-0.15, -0.1) is 0 Å². The molecule has 0 aliphatic carbocycles. The van der Waals surface area contributed by atoms with Crippen LogP contribution in [0.5, 0.6) is 0 Å². The first-order valence-corrected chi connectivity index (χ1v) is 12.6. The van der Waals surface area contributed by atoms with Gasteiger partial charge in [0.25, 0.3) is 0 Å². The summed E-state index contributed by atoms with van der Waals surface area (Å²) in [6, 6.07) is 0. The summed E-state index contributed by atoms with van der Waals surface area (Å²) in [6.45, 7) is -1.79. The summed E-state index contributed by atoms with van der Waals surface area (Å²) in [5.41, 5.74) is 0. The maximum atomic E-state index is 12.4. The Morgan fingerprint density at radius 3 is 1.63 bits per heavy atom. The Bertz CT molecular complexity index is 1140. The van der Waals surface area contributed by atoms with Crippen LogP contribution in [0.25, 0.3) is 0 Å². The number of carbonyl (C=O) groups is 7. The monoisotopic (exact) mass is 624 g/mol. The highest BCUT2D eigenvalue weighted by Gasteiger charge is 2.55. The van der Waals surface area contributed by atoms with Crippen LogP contribution in [0.4, 0.5) is 0 Å². The van der Waals surface area contributed by atoms with Crippen LogP contribution < -0.4 is 0 Å². The number of hydrogen-bond acceptors (Lipinski definition) is 17. The van der Waals surface area contributed by atoms with Crippen molar-refractivity contribution in [2.24, 2.45) is 0 Å². The Hall–Kier alpha value is -3.83. The van der Waals surface area contributed by atoms with Crippen molar-refractivity contribution in [1.82, 2.24) is 0 Å². The molecule has 17 nitrogen and oxygen atoms in total. The first-order valence-electron chi connectivity index (χ1n) is 15.4. The van der Waals surface area contributed by atoms with Crippen LogP contribution in [0.15, 0.2) is 0 Å². The van der Waals surface area contributed by atoms with Gasteiger partial charge >= 0.3 is 41.8 Å². The normalized spacial score (nSPS) is 31.4. The van der Waals surface area contributed by atoms with E-state index in [0.29, 0.717) is 0 Å². The molecule has 43 heavy (non-hydrogen) atoms. The summed E-state index contributed by atoms with van der Waals surface area (Å²) in [5.74, 6) is -7.02. The van der Waals surface area contributed by atoms with Gasteiger partial charge in [-0.05, 0) is 0 Å². The van der Waals surface area contributed by atoms with E-state index < -0.39 is 138 Å². The molecule has 242 valence electrons. The molecule has 0 aromatic rings. The van der Waals surface area contributed by atoms with Gasteiger partial charge in [-0.2, -0.15) is 0 Å². The quantitative estimate of drug-likeness (QED) is 0.212. The SMILES string of the molecule is [2H]CC(=O)OC[C@H]1OC(O[C@H]2[C@H](OC(C)=O)C[C@H](OC(C)=O)O[C@@H]2COC(C)=O)[C@H](OC(=O)C[2H])[C@@H](OC(=O)C[2H])[C@H]1OC(=O)C[2H]. The lowest BCUT2D eigenvalue weighted by molar-refractivity contribution is -0.344. The van der Waals surface area contributed by atoms with Crippen LogP contribution in [0.3, 0.4) is 0 Å². The van der Waals surface area contributed by atoms with Gasteiger partial charge in [0.2, 0.25) is 6.29 Å². The summed E-state index contributed by atoms with van der Waals surface area (Å²) in [5, 5.41) is 0. The Morgan fingerprint density at radius 1 is 0.581 bits per heavy atom. The standard InChI is InChI=1S/C26H36O17/c1-11(27)34-9-19-22(18(36-13(3)29)8-21(41-19)37-14(4)30)43-26-25(40-17(7)33)24(39-16(6)32)23(38-15(5)31)20(42-26)10-35-12(2)28/h18-26H,8-10H2,1-7H3/t18-,19-,20-,21-,22+,23+,24+,25-,26?/m1/s1/i2D,5D,6D,7D. The number of hydrogen-bond donors (Lipinski definition) is 0. The highest BCUT2D eigenvalue weighted by atomic mass is 16.8. The predicted octanol–water partition coefficient (Wildman–Crippen LogP) is -0.372. The van der Waals surface area contributed by atoms with Crippen molar-refractivity contribution in [3.63, 3.8) is 0 Å². The molecule has 0 aromatic carbocycles. The van der Waals surface area contributed by atoms with Gasteiger partial charge in [-0.3, -0.25) is 33.6 Å². The van der Waals surface area contributed by atoms with Crippen LogP contribution in [-0.4, -0.2) is 110 Å². The molecule has 2 saturated heterocycles. The third-order valence-corrected chi connectivity index (χ3v) is 5.64. The summed E-state index contributed by atoms with van der Waals surface area (Å²) >= 11 is 0. The first kappa shape index (κ1) is 29.3. The third kappa shape index (κ3) is 11.4. The van der Waals surface area contributed by atoms with Gasteiger partial charge in [-0.25, -0.2) is 0 Å². The van der Waals surface area contributed by atoms with E-state index in [1.807, 2.05) is 0 Å². The fourth-order valence-electron chi connectivity index (χ4n) is 4.30. The van der Waals surface area contributed by atoms with Crippen molar-refractivity contribution in [3.8, 4) is 0 Å². The fourth-order valence-corrected chi connectivity index (χ4v) is 4.30. The molecule has 2 heterocycles. The largest absolute Gasteiger partial charge is 0.463 e. The zero-order valence-electron chi connectivity index (χ0n) is 27.6. The van der Waals surface area contributed by atoms with Gasteiger partial charge in [0.1, 0.15) is 37.6 Å². The first-order chi connectivity index (χ1) is 22.2. The second-order valence-corrected chi connectivity index (χ2v) is 9.09. The van der Waals surface area contributed by atoms with E-state index in [4.69, 9.17) is 52.9 Å². The molecule has 1 unspecified atom stereocenters. The molecule has 0 N–H and O–H groups in total. The van der Waals surface area contributed by atoms with Gasteiger partial charge in [0, 0.05) is 53.9 Å². The van der Waals surface area contributed by atoms with Crippen molar-refractivity contribution in [1.29, 1.82) is 0 Å². The van der Waals surface area contributed by atoms with Gasteiger partial charge in [-0.1, -0.05) is 0 Å². The fraction of sp³-hybridized carbons (Fsp3) is 0.731. The highest BCUT2D eigenvalue weighted by molar-refractivity contribution is 5.69. The summed E-state index contributed by atoms with van der Waals surface area (Å²) in [7, 11) is 0. The smallest absolute Gasteiger partial charge is 0.304 e. The highest BCUT2D eigenvalue weighted by Crippen LogP contribution is 2.34. The van der Waals surface area contributed by atoms with E-state index in [-0.39, 0.29) is 6.42 Å². The van der Waals surface area contributed by atoms with Crippen LogP contribution in [0.1, 0.15) is 60.3 Å². The molecule has 0 amide bonds. The Labute approximate surface area is 252 Å². The molecule has 17 heteroatoms. The maximum Gasteiger partial charge on any atom is 0.304 e. The number of carbonyl (C=O) groups excluding carboxylic acids is 7. The molecule has 2 aliphatic heterocycles. The molecule has 2 aliphatic rings. The second-order valence-electron chi connectivity index (χ2n) is 9.09. The minimum atomic E-state index is -1.91. The van der Waals surface area contributed by atoms with Crippen LogP contribution in [-0.2, 0) is 80.9 Å². The lowest BCUT2D eigenvalue weighted by Gasteiger charge is -2.47. The number of ether oxygens (including phenoxy) is 10. The van der Waals surface area contributed by atoms with E-state index in [1.54, 1.807) is 0 Å². The molecule has 2 rings (SSSR count). The zero-order chi connectivity index (χ0) is 35.3. The lowest BCUT2D eigenvalue weighted by atomic mass is 9.97. The molecule has 0 aromatic heterocycles. The molecule has 0 bridgehead atoms. The minimum Gasteiger partial charge on any atom is -0.463 e. The Morgan fingerprint density at radius 2 is 1.09 bits per heavy atom. The second kappa shape index (κ2) is 16.1. The minimum absolute atomic E-state index is 0.324. The van der Waals surface area contributed by atoms with Crippen molar-refractivity contribution in [2.45, 2.75) is 110 Å². The average molecular weight is 625 g/mol. The zero-order valence-corrected chi connectivity index (χ0v) is 23.6. The molecule has 2 fully saturated rings. The van der Waals surface area contributed by atoms with Crippen LogP contribution in [0, 0.1) is 0 Å². The van der Waals surface area contributed by atoms with E-state index >= 15 is 0 Å². The molecule has 0 radical (unpaired) electrons. The molecular weight excluding hydrogens is 584 g/mol. The van der Waals surface area contributed by atoms with Crippen LogP contribution in [0.2, 0.25) is 0 Å². The molecule has 0 saturated carbocycles. The van der Waals surface area contributed by atoms with E-state index in [0.717, 1.165) is 20.8 Å². The van der Waals surface area contributed by atoms with E-state index in [1.165, 1.54) is 0 Å². The molecule has 9 atom stereocenters. The average Bonchev–Trinajstić information content (AvgIpc) is 3.01. The Kier molecular flexibility index (Phi) is 11.0. The summed E-state index contributed by atoms with van der Waals surface area (Å²) < 4.78 is 83.6. The summed E-state index contributed by atoms with van der Waals surface area (Å²) in [4.78, 5) is 84.3. The maximum absolute atomic E-state index is 12.4. The third-order valence-electron chi connectivity index (χ3n) is 5.64. The number of rotatable bonds is 11. The topological polar surface area (TPSA) is 212 Å². The van der Waals surface area contributed by atoms with Crippen molar-refractivity contribution in [2.75, 3.05) is 13.2 Å². The van der Waals surface area contributed by atoms with Crippen molar-refractivity contribution < 1.29 is 86.4 Å².